The average molecular weight is 305 g/mol. The van der Waals surface area contributed by atoms with E-state index in [-0.39, 0.29) is 5.91 Å². The van der Waals surface area contributed by atoms with Crippen LogP contribution in [0.25, 0.3) is 11.3 Å². The molecule has 0 aliphatic carbocycles. The van der Waals surface area contributed by atoms with Gasteiger partial charge in [-0.05, 0) is 25.1 Å². The van der Waals surface area contributed by atoms with Crippen LogP contribution in [0.4, 0.5) is 0 Å². The molecule has 1 N–H and O–H groups in total. The molecule has 7 heteroatoms. The highest BCUT2D eigenvalue weighted by Crippen LogP contribution is 2.32. The summed E-state index contributed by atoms with van der Waals surface area (Å²) in [5, 5.41) is 4.35. The Balaban J connectivity index is 2.36. The SMILES string of the molecule is CCONC(=O)c1cc(-c2ccc(OC)cc2OC)nn1C. The summed E-state index contributed by atoms with van der Waals surface area (Å²) in [5.41, 5.74) is 4.14. The fourth-order valence-electron chi connectivity index (χ4n) is 2.01. The molecule has 0 fully saturated rings. The molecule has 1 aromatic heterocycles. The Morgan fingerprint density at radius 3 is 2.68 bits per heavy atom. The summed E-state index contributed by atoms with van der Waals surface area (Å²) in [6.07, 6.45) is 0. The molecule has 1 aromatic carbocycles. The lowest BCUT2D eigenvalue weighted by molar-refractivity contribution is 0.0356. The van der Waals surface area contributed by atoms with Crippen LogP contribution in [0.5, 0.6) is 11.5 Å². The molecule has 7 nitrogen and oxygen atoms in total. The van der Waals surface area contributed by atoms with E-state index in [2.05, 4.69) is 10.6 Å². The van der Waals surface area contributed by atoms with Gasteiger partial charge in [0.1, 0.15) is 17.2 Å². The first-order chi connectivity index (χ1) is 10.6. The summed E-state index contributed by atoms with van der Waals surface area (Å²) in [7, 11) is 4.86. The number of nitrogens with one attached hydrogen (secondary N) is 1. The number of methoxy groups -OCH3 is 2. The number of hydroxylamine groups is 1. The van der Waals surface area contributed by atoms with Crippen molar-refractivity contribution in [3.8, 4) is 22.8 Å². The highest BCUT2D eigenvalue weighted by Gasteiger charge is 2.17. The van der Waals surface area contributed by atoms with Gasteiger partial charge in [-0.1, -0.05) is 0 Å². The molecule has 1 amide bonds. The van der Waals surface area contributed by atoms with Gasteiger partial charge in [-0.3, -0.25) is 14.3 Å². The second-order valence-electron chi connectivity index (χ2n) is 4.47. The van der Waals surface area contributed by atoms with E-state index in [1.807, 2.05) is 12.1 Å². The van der Waals surface area contributed by atoms with Crippen molar-refractivity contribution in [2.24, 2.45) is 7.05 Å². The van der Waals surface area contributed by atoms with Gasteiger partial charge in [0.15, 0.2) is 0 Å². The minimum atomic E-state index is -0.351. The predicted octanol–water partition coefficient (Wildman–Crippen LogP) is 1.79. The largest absolute Gasteiger partial charge is 0.497 e. The van der Waals surface area contributed by atoms with Crippen LogP contribution in [0.15, 0.2) is 24.3 Å². The standard InChI is InChI=1S/C15H19N3O4/c1-5-22-17-15(19)13-9-12(16-18(13)2)11-7-6-10(20-3)8-14(11)21-4/h6-9H,5H2,1-4H3,(H,17,19). The molecule has 0 aliphatic heterocycles. The molecule has 118 valence electrons. The van der Waals surface area contributed by atoms with Gasteiger partial charge in [0.2, 0.25) is 0 Å². The molecule has 22 heavy (non-hydrogen) atoms. The molecule has 2 rings (SSSR count). The summed E-state index contributed by atoms with van der Waals surface area (Å²) in [6.45, 7) is 2.18. The summed E-state index contributed by atoms with van der Waals surface area (Å²) in [5.74, 6) is 0.954. The van der Waals surface area contributed by atoms with Crippen LogP contribution in [0, 0.1) is 0 Å². The Morgan fingerprint density at radius 2 is 2.05 bits per heavy atom. The lowest BCUT2D eigenvalue weighted by Gasteiger charge is -2.08. The van der Waals surface area contributed by atoms with Gasteiger partial charge in [0.25, 0.3) is 5.91 Å². The second kappa shape index (κ2) is 6.95. The molecule has 1 heterocycles. The quantitative estimate of drug-likeness (QED) is 0.824. The third-order valence-corrected chi connectivity index (χ3v) is 3.11. The Morgan fingerprint density at radius 1 is 1.27 bits per heavy atom. The van der Waals surface area contributed by atoms with Crippen LogP contribution in [0.1, 0.15) is 17.4 Å². The number of aryl methyl sites for hydroxylation is 1. The van der Waals surface area contributed by atoms with E-state index >= 15 is 0 Å². The number of aromatic nitrogens is 2. The van der Waals surface area contributed by atoms with Crippen molar-refractivity contribution < 1.29 is 19.1 Å². The van der Waals surface area contributed by atoms with Crippen LogP contribution in [-0.4, -0.2) is 36.5 Å². The van der Waals surface area contributed by atoms with Crippen molar-refractivity contribution in [2.45, 2.75) is 6.92 Å². The summed E-state index contributed by atoms with van der Waals surface area (Å²) < 4.78 is 12.0. The van der Waals surface area contributed by atoms with Crippen molar-refractivity contribution in [1.82, 2.24) is 15.3 Å². The Hall–Kier alpha value is -2.54. The molecular formula is C15H19N3O4. The number of hydrogen-bond donors (Lipinski definition) is 1. The van der Waals surface area contributed by atoms with Crippen LogP contribution in [-0.2, 0) is 11.9 Å². The van der Waals surface area contributed by atoms with E-state index in [0.29, 0.717) is 29.5 Å². The van der Waals surface area contributed by atoms with E-state index in [1.165, 1.54) is 4.68 Å². The van der Waals surface area contributed by atoms with Crippen molar-refractivity contribution in [1.29, 1.82) is 0 Å². The number of ether oxygens (including phenoxy) is 2. The van der Waals surface area contributed by atoms with E-state index in [9.17, 15) is 4.79 Å². The van der Waals surface area contributed by atoms with Crippen molar-refractivity contribution in [2.75, 3.05) is 20.8 Å². The van der Waals surface area contributed by atoms with E-state index in [1.54, 1.807) is 40.3 Å². The molecule has 0 saturated heterocycles. The number of carbonyl (C=O) groups is 1. The minimum Gasteiger partial charge on any atom is -0.497 e. The number of benzene rings is 1. The zero-order valence-electron chi connectivity index (χ0n) is 13.0. The topological polar surface area (TPSA) is 74.6 Å². The van der Waals surface area contributed by atoms with E-state index < -0.39 is 0 Å². The third kappa shape index (κ3) is 3.20. The van der Waals surface area contributed by atoms with Crippen molar-refractivity contribution in [3.63, 3.8) is 0 Å². The Bertz CT molecular complexity index is 667. The first kappa shape index (κ1) is 15.8. The molecule has 0 bridgehead atoms. The van der Waals surface area contributed by atoms with Gasteiger partial charge in [0.05, 0.1) is 26.5 Å². The smallest absolute Gasteiger partial charge is 0.293 e. The maximum absolute atomic E-state index is 12.0. The predicted molar refractivity (Wildman–Crippen MR) is 80.8 cm³/mol. The van der Waals surface area contributed by atoms with Gasteiger partial charge in [-0.15, -0.1) is 0 Å². The van der Waals surface area contributed by atoms with Crippen molar-refractivity contribution in [3.05, 3.63) is 30.0 Å². The molecule has 0 saturated carbocycles. The summed E-state index contributed by atoms with van der Waals surface area (Å²) in [4.78, 5) is 16.9. The van der Waals surface area contributed by atoms with Gasteiger partial charge in [-0.2, -0.15) is 5.10 Å². The molecule has 0 spiro atoms. The maximum atomic E-state index is 12.0. The first-order valence-corrected chi connectivity index (χ1v) is 6.79. The molecule has 0 aliphatic rings. The number of carbonyl (C=O) groups excluding carboxylic acids is 1. The monoisotopic (exact) mass is 305 g/mol. The van der Waals surface area contributed by atoms with Crippen LogP contribution in [0.2, 0.25) is 0 Å². The Kier molecular flexibility index (Phi) is 5.00. The molecule has 0 radical (unpaired) electrons. The summed E-state index contributed by atoms with van der Waals surface area (Å²) in [6, 6.07) is 7.10. The number of amides is 1. The van der Waals surface area contributed by atoms with Gasteiger partial charge in [-0.25, -0.2) is 5.48 Å². The zero-order valence-corrected chi connectivity index (χ0v) is 13.0. The molecule has 0 unspecified atom stereocenters. The van der Waals surface area contributed by atoms with Crippen LogP contribution < -0.4 is 15.0 Å². The van der Waals surface area contributed by atoms with Crippen molar-refractivity contribution >= 4 is 5.91 Å². The van der Waals surface area contributed by atoms with Gasteiger partial charge in [0, 0.05) is 18.7 Å². The van der Waals surface area contributed by atoms with Gasteiger partial charge < -0.3 is 9.47 Å². The molecular weight excluding hydrogens is 286 g/mol. The lowest BCUT2D eigenvalue weighted by atomic mass is 10.1. The highest BCUT2D eigenvalue weighted by molar-refractivity contribution is 5.93. The summed E-state index contributed by atoms with van der Waals surface area (Å²) >= 11 is 0. The van der Waals surface area contributed by atoms with E-state index in [0.717, 1.165) is 5.56 Å². The fraction of sp³-hybridized carbons (Fsp3) is 0.333. The minimum absolute atomic E-state index is 0.351. The normalized spacial score (nSPS) is 10.4. The third-order valence-electron chi connectivity index (χ3n) is 3.11. The average Bonchev–Trinajstić information content (AvgIpc) is 2.93. The first-order valence-electron chi connectivity index (χ1n) is 6.79. The van der Waals surface area contributed by atoms with Gasteiger partial charge >= 0.3 is 0 Å². The van der Waals surface area contributed by atoms with E-state index in [4.69, 9.17) is 14.3 Å². The highest BCUT2D eigenvalue weighted by atomic mass is 16.6. The lowest BCUT2D eigenvalue weighted by Crippen LogP contribution is -2.25. The van der Waals surface area contributed by atoms with Crippen LogP contribution in [0.3, 0.4) is 0 Å². The Labute approximate surface area is 128 Å². The molecule has 2 aromatic rings. The molecule has 0 atom stereocenters. The number of rotatable bonds is 6. The second-order valence-corrected chi connectivity index (χ2v) is 4.47. The fourth-order valence-corrected chi connectivity index (χ4v) is 2.01. The maximum Gasteiger partial charge on any atom is 0.293 e. The van der Waals surface area contributed by atoms with Crippen LogP contribution >= 0.6 is 0 Å². The number of nitrogens with zero attached hydrogens (tertiary/aromatic N) is 2. The number of hydrogen-bond acceptors (Lipinski definition) is 5. The zero-order chi connectivity index (χ0) is 16.1.